The van der Waals surface area contributed by atoms with Gasteiger partial charge in [0, 0.05) is 18.6 Å². The Bertz CT molecular complexity index is 356. The van der Waals surface area contributed by atoms with Crippen LogP contribution in [0.2, 0.25) is 0 Å². The highest BCUT2D eigenvalue weighted by Gasteiger charge is 2.25. The molecule has 4 nitrogen and oxygen atoms in total. The lowest BCUT2D eigenvalue weighted by Gasteiger charge is -2.30. The van der Waals surface area contributed by atoms with E-state index in [1.807, 2.05) is 0 Å². The SMILES string of the molecule is CC1CCCCCN1CCC1CS(=O)(=O)CCN1. The van der Waals surface area contributed by atoms with Gasteiger partial charge in [-0.1, -0.05) is 12.8 Å². The van der Waals surface area contributed by atoms with E-state index in [1.54, 1.807) is 0 Å². The summed E-state index contributed by atoms with van der Waals surface area (Å²) in [7, 11) is -2.79. The monoisotopic (exact) mass is 274 g/mol. The van der Waals surface area contributed by atoms with Crippen LogP contribution < -0.4 is 5.32 Å². The van der Waals surface area contributed by atoms with E-state index >= 15 is 0 Å². The molecule has 1 N–H and O–H groups in total. The highest BCUT2D eigenvalue weighted by Crippen LogP contribution is 2.17. The molecule has 18 heavy (non-hydrogen) atoms. The minimum Gasteiger partial charge on any atom is -0.312 e. The quantitative estimate of drug-likeness (QED) is 0.835. The Balaban J connectivity index is 1.79. The Morgan fingerprint density at radius 3 is 2.89 bits per heavy atom. The summed E-state index contributed by atoms with van der Waals surface area (Å²) in [5, 5.41) is 3.34. The zero-order chi connectivity index (χ0) is 13.0. The van der Waals surface area contributed by atoms with Crippen LogP contribution in [0.1, 0.15) is 39.0 Å². The van der Waals surface area contributed by atoms with Gasteiger partial charge in [0.25, 0.3) is 0 Å². The molecular weight excluding hydrogens is 248 g/mol. The standard InChI is InChI=1S/C13H26N2O2S/c1-12-5-3-2-4-8-15(12)9-6-13-11-18(16,17)10-7-14-13/h12-14H,2-11H2,1H3. The van der Waals surface area contributed by atoms with Gasteiger partial charge in [0.05, 0.1) is 11.5 Å². The second-order valence-corrected chi connectivity index (χ2v) is 8.02. The first-order valence-electron chi connectivity index (χ1n) is 7.25. The lowest BCUT2D eigenvalue weighted by Crippen LogP contribution is -2.47. The van der Waals surface area contributed by atoms with Gasteiger partial charge in [-0.2, -0.15) is 0 Å². The minimum atomic E-state index is -2.79. The molecule has 0 spiro atoms. The van der Waals surface area contributed by atoms with Crippen LogP contribution in [0.5, 0.6) is 0 Å². The average molecular weight is 274 g/mol. The third-order valence-corrected chi connectivity index (χ3v) is 5.99. The molecule has 0 aromatic carbocycles. The fourth-order valence-electron chi connectivity index (χ4n) is 3.04. The Morgan fingerprint density at radius 1 is 1.28 bits per heavy atom. The molecule has 2 atom stereocenters. The topological polar surface area (TPSA) is 49.4 Å². The Kier molecular flexibility index (Phi) is 5.04. The van der Waals surface area contributed by atoms with E-state index in [9.17, 15) is 8.42 Å². The largest absolute Gasteiger partial charge is 0.312 e. The number of likely N-dealkylation sites (tertiary alicyclic amines) is 1. The zero-order valence-corrected chi connectivity index (χ0v) is 12.2. The van der Waals surface area contributed by atoms with E-state index in [0.717, 1.165) is 13.0 Å². The number of sulfone groups is 1. The van der Waals surface area contributed by atoms with Crippen LogP contribution >= 0.6 is 0 Å². The highest BCUT2D eigenvalue weighted by molar-refractivity contribution is 7.91. The fraction of sp³-hybridized carbons (Fsp3) is 1.00. The summed E-state index contributed by atoms with van der Waals surface area (Å²) >= 11 is 0. The molecule has 0 amide bonds. The van der Waals surface area contributed by atoms with Gasteiger partial charge < -0.3 is 10.2 Å². The molecule has 0 saturated carbocycles. The Labute approximate surface area is 111 Å². The van der Waals surface area contributed by atoms with Crippen LogP contribution in [-0.4, -0.2) is 56.5 Å². The van der Waals surface area contributed by atoms with Crippen molar-refractivity contribution in [1.29, 1.82) is 0 Å². The number of nitrogens with zero attached hydrogens (tertiary/aromatic N) is 1. The molecule has 0 aromatic rings. The van der Waals surface area contributed by atoms with Crippen LogP contribution in [0, 0.1) is 0 Å². The predicted molar refractivity (Wildman–Crippen MR) is 74.6 cm³/mol. The summed E-state index contributed by atoms with van der Waals surface area (Å²) in [4.78, 5) is 2.54. The summed E-state index contributed by atoms with van der Waals surface area (Å²) in [5.41, 5.74) is 0. The van der Waals surface area contributed by atoms with E-state index < -0.39 is 9.84 Å². The van der Waals surface area contributed by atoms with Crippen molar-refractivity contribution >= 4 is 9.84 Å². The van der Waals surface area contributed by atoms with Gasteiger partial charge in [-0.15, -0.1) is 0 Å². The van der Waals surface area contributed by atoms with E-state index in [4.69, 9.17) is 0 Å². The first-order valence-corrected chi connectivity index (χ1v) is 9.07. The van der Waals surface area contributed by atoms with Gasteiger partial charge in [0.1, 0.15) is 0 Å². The van der Waals surface area contributed by atoms with Crippen LogP contribution in [-0.2, 0) is 9.84 Å². The van der Waals surface area contributed by atoms with Crippen molar-refractivity contribution in [3.8, 4) is 0 Å². The van der Waals surface area contributed by atoms with Gasteiger partial charge in [0.15, 0.2) is 9.84 Å². The number of hydrogen-bond donors (Lipinski definition) is 1. The summed E-state index contributed by atoms with van der Waals surface area (Å²) in [6.45, 7) is 5.15. The molecule has 2 aliphatic rings. The van der Waals surface area contributed by atoms with Gasteiger partial charge in [-0.25, -0.2) is 8.42 Å². The second kappa shape index (κ2) is 6.35. The van der Waals surface area contributed by atoms with E-state index in [2.05, 4.69) is 17.1 Å². The average Bonchev–Trinajstić information content (AvgIpc) is 2.50. The van der Waals surface area contributed by atoms with Crippen LogP contribution in [0.4, 0.5) is 0 Å². The van der Waals surface area contributed by atoms with E-state index in [-0.39, 0.29) is 6.04 Å². The van der Waals surface area contributed by atoms with Crippen molar-refractivity contribution in [3.05, 3.63) is 0 Å². The summed E-state index contributed by atoms with van der Waals surface area (Å²) in [6, 6.07) is 0.826. The molecule has 0 aliphatic carbocycles. The lowest BCUT2D eigenvalue weighted by molar-refractivity contribution is 0.203. The first kappa shape index (κ1) is 14.3. The first-order chi connectivity index (χ1) is 8.57. The third kappa shape index (κ3) is 4.21. The summed E-state index contributed by atoms with van der Waals surface area (Å²) in [6.07, 6.45) is 6.23. The maximum Gasteiger partial charge on any atom is 0.153 e. The van der Waals surface area contributed by atoms with Crippen molar-refractivity contribution in [2.75, 3.05) is 31.1 Å². The van der Waals surface area contributed by atoms with Gasteiger partial charge in [0.2, 0.25) is 0 Å². The number of nitrogens with one attached hydrogen (secondary N) is 1. The molecule has 2 fully saturated rings. The molecule has 0 aromatic heterocycles. The third-order valence-electron chi connectivity index (χ3n) is 4.26. The maximum atomic E-state index is 11.6. The van der Waals surface area contributed by atoms with Crippen LogP contribution in [0.15, 0.2) is 0 Å². The molecule has 2 unspecified atom stereocenters. The van der Waals surface area contributed by atoms with Gasteiger partial charge >= 0.3 is 0 Å². The van der Waals surface area contributed by atoms with Gasteiger partial charge in [-0.05, 0) is 39.3 Å². The molecule has 2 heterocycles. The Morgan fingerprint density at radius 2 is 2.11 bits per heavy atom. The fourth-order valence-corrected chi connectivity index (χ4v) is 4.53. The number of rotatable bonds is 3. The van der Waals surface area contributed by atoms with Crippen LogP contribution in [0.25, 0.3) is 0 Å². The molecule has 2 aliphatic heterocycles. The van der Waals surface area contributed by atoms with E-state index in [0.29, 0.717) is 24.1 Å². The minimum absolute atomic E-state index is 0.166. The van der Waals surface area contributed by atoms with Crippen molar-refractivity contribution in [1.82, 2.24) is 10.2 Å². The van der Waals surface area contributed by atoms with E-state index in [1.165, 1.54) is 32.2 Å². The molecule has 0 bridgehead atoms. The van der Waals surface area contributed by atoms with Crippen molar-refractivity contribution in [2.45, 2.75) is 51.1 Å². The predicted octanol–water partition coefficient (Wildman–Crippen LogP) is 1.03. The van der Waals surface area contributed by atoms with Gasteiger partial charge in [-0.3, -0.25) is 0 Å². The Hall–Kier alpha value is -0.130. The second-order valence-electron chi connectivity index (χ2n) is 5.79. The smallest absolute Gasteiger partial charge is 0.153 e. The normalized spacial score (nSPS) is 34.1. The zero-order valence-electron chi connectivity index (χ0n) is 11.4. The van der Waals surface area contributed by atoms with Crippen molar-refractivity contribution in [2.24, 2.45) is 0 Å². The summed E-state index contributed by atoms with van der Waals surface area (Å²) in [5.74, 6) is 0.638. The number of hydrogen-bond acceptors (Lipinski definition) is 4. The molecule has 5 heteroatoms. The molecule has 106 valence electrons. The van der Waals surface area contributed by atoms with Crippen LogP contribution in [0.3, 0.4) is 0 Å². The van der Waals surface area contributed by atoms with Crippen molar-refractivity contribution < 1.29 is 8.42 Å². The molecule has 0 radical (unpaired) electrons. The molecule has 2 saturated heterocycles. The van der Waals surface area contributed by atoms with Crippen molar-refractivity contribution in [3.63, 3.8) is 0 Å². The lowest BCUT2D eigenvalue weighted by atomic mass is 10.1. The maximum absolute atomic E-state index is 11.6. The molecule has 2 rings (SSSR count). The molecular formula is C13H26N2O2S. The highest BCUT2D eigenvalue weighted by atomic mass is 32.2. The summed E-state index contributed by atoms with van der Waals surface area (Å²) < 4.78 is 23.2.